The average molecular weight is 380 g/mol. The van der Waals surface area contributed by atoms with Crippen LogP contribution in [0.2, 0.25) is 0 Å². The number of nitriles is 1. The lowest BCUT2D eigenvalue weighted by molar-refractivity contribution is -0.122. The summed E-state index contributed by atoms with van der Waals surface area (Å²) in [6.45, 7) is 3.19. The van der Waals surface area contributed by atoms with Crippen molar-refractivity contribution in [1.29, 1.82) is 5.26 Å². The number of thioether (sulfide) groups is 1. The van der Waals surface area contributed by atoms with Crippen LogP contribution in [0.4, 0.5) is 5.88 Å². The Morgan fingerprint density at radius 1 is 1.48 bits per heavy atom. The molecule has 132 valence electrons. The predicted octanol–water partition coefficient (Wildman–Crippen LogP) is 1.23. The van der Waals surface area contributed by atoms with Crippen LogP contribution in [0, 0.1) is 11.3 Å². The van der Waals surface area contributed by atoms with Crippen LogP contribution in [0.1, 0.15) is 11.6 Å². The Hall–Kier alpha value is -1.93. The van der Waals surface area contributed by atoms with Crippen molar-refractivity contribution in [3.63, 3.8) is 0 Å². The van der Waals surface area contributed by atoms with E-state index in [1.54, 1.807) is 7.11 Å². The molecule has 0 radical (unpaired) electrons. The number of ether oxygens (including phenoxy) is 2. The molecule has 0 N–H and O–H groups in total. The number of anilines is 1. The third-order valence-electron chi connectivity index (χ3n) is 3.68. The van der Waals surface area contributed by atoms with Gasteiger partial charge in [0.05, 0.1) is 31.3 Å². The maximum atomic E-state index is 12.4. The van der Waals surface area contributed by atoms with Gasteiger partial charge in [0.2, 0.25) is 17.5 Å². The van der Waals surface area contributed by atoms with E-state index in [1.165, 1.54) is 22.7 Å². The van der Waals surface area contributed by atoms with Crippen molar-refractivity contribution < 1.29 is 18.7 Å². The molecular weight excluding hydrogens is 364 g/mol. The second kappa shape index (κ2) is 7.97. The van der Waals surface area contributed by atoms with Crippen LogP contribution in [0.15, 0.2) is 9.32 Å². The SMILES string of the molecule is COCCN1C(=O)/C(=C/c2nc(C#N)c(N3CCOCC3)o2)SC1=S. The number of aromatic nitrogens is 1. The fourth-order valence-electron chi connectivity index (χ4n) is 2.43. The summed E-state index contributed by atoms with van der Waals surface area (Å²) < 4.78 is 16.5. The van der Waals surface area contributed by atoms with E-state index in [9.17, 15) is 10.1 Å². The van der Waals surface area contributed by atoms with Gasteiger partial charge in [0.1, 0.15) is 10.4 Å². The summed E-state index contributed by atoms with van der Waals surface area (Å²) in [6, 6.07) is 2.03. The minimum absolute atomic E-state index is 0.197. The first kappa shape index (κ1) is 17.9. The van der Waals surface area contributed by atoms with Gasteiger partial charge in [0.15, 0.2) is 0 Å². The Balaban J connectivity index is 1.82. The van der Waals surface area contributed by atoms with Crippen LogP contribution in [0.5, 0.6) is 0 Å². The molecule has 1 aromatic rings. The highest BCUT2D eigenvalue weighted by Crippen LogP contribution is 2.33. The fraction of sp³-hybridized carbons (Fsp3) is 0.467. The molecule has 2 aliphatic rings. The fourth-order valence-corrected chi connectivity index (χ4v) is 3.70. The Bertz CT molecular complexity index is 749. The summed E-state index contributed by atoms with van der Waals surface area (Å²) in [4.78, 5) is 20.4. The first-order valence-electron chi connectivity index (χ1n) is 7.62. The van der Waals surface area contributed by atoms with Gasteiger partial charge in [-0.1, -0.05) is 24.0 Å². The normalized spacial score (nSPS) is 19.8. The molecule has 0 unspecified atom stereocenters. The van der Waals surface area contributed by atoms with Gasteiger partial charge in [-0.25, -0.2) is 0 Å². The Morgan fingerprint density at radius 2 is 2.24 bits per heavy atom. The van der Waals surface area contributed by atoms with E-state index in [-0.39, 0.29) is 17.5 Å². The molecule has 1 aromatic heterocycles. The molecule has 0 aliphatic carbocycles. The lowest BCUT2D eigenvalue weighted by atomic mass is 10.4. The highest BCUT2D eigenvalue weighted by atomic mass is 32.2. The lowest BCUT2D eigenvalue weighted by Crippen LogP contribution is -2.36. The number of hydrogen-bond donors (Lipinski definition) is 0. The van der Waals surface area contributed by atoms with Crippen molar-refractivity contribution in [2.24, 2.45) is 0 Å². The number of carbonyl (C=O) groups excluding carboxylic acids is 1. The van der Waals surface area contributed by atoms with Gasteiger partial charge in [-0.05, 0) is 0 Å². The van der Waals surface area contributed by atoms with Crippen LogP contribution in [-0.4, -0.2) is 66.7 Å². The molecule has 8 nitrogen and oxygen atoms in total. The maximum absolute atomic E-state index is 12.4. The van der Waals surface area contributed by atoms with Crippen molar-refractivity contribution in [1.82, 2.24) is 9.88 Å². The highest BCUT2D eigenvalue weighted by Gasteiger charge is 2.32. The summed E-state index contributed by atoms with van der Waals surface area (Å²) in [5.41, 5.74) is 0.197. The van der Waals surface area contributed by atoms with Crippen LogP contribution < -0.4 is 4.90 Å². The summed E-state index contributed by atoms with van der Waals surface area (Å²) in [5, 5.41) is 9.29. The van der Waals surface area contributed by atoms with Gasteiger partial charge in [-0.2, -0.15) is 10.2 Å². The molecule has 2 fully saturated rings. The van der Waals surface area contributed by atoms with E-state index < -0.39 is 0 Å². The second-order valence-corrected chi connectivity index (χ2v) is 6.92. The van der Waals surface area contributed by atoms with Gasteiger partial charge < -0.3 is 18.8 Å². The van der Waals surface area contributed by atoms with Crippen LogP contribution in [0.25, 0.3) is 6.08 Å². The average Bonchev–Trinajstić information content (AvgIpc) is 3.15. The third-order valence-corrected chi connectivity index (χ3v) is 5.05. The molecule has 3 heterocycles. The Morgan fingerprint density at radius 3 is 2.92 bits per heavy atom. The number of thiocarbonyl (C=S) groups is 1. The second-order valence-electron chi connectivity index (χ2n) is 5.24. The van der Waals surface area contributed by atoms with Crippen LogP contribution >= 0.6 is 24.0 Å². The van der Waals surface area contributed by atoms with Crippen molar-refractivity contribution in [3.8, 4) is 6.07 Å². The zero-order valence-corrected chi connectivity index (χ0v) is 15.2. The molecule has 0 spiro atoms. The highest BCUT2D eigenvalue weighted by molar-refractivity contribution is 8.26. The molecular formula is C15H16N4O4S2. The van der Waals surface area contributed by atoms with E-state index in [4.69, 9.17) is 26.1 Å². The van der Waals surface area contributed by atoms with Gasteiger partial charge in [0, 0.05) is 26.3 Å². The zero-order chi connectivity index (χ0) is 17.8. The minimum Gasteiger partial charge on any atom is -0.420 e. The largest absolute Gasteiger partial charge is 0.420 e. The smallest absolute Gasteiger partial charge is 0.266 e. The van der Waals surface area contributed by atoms with E-state index in [0.717, 1.165) is 0 Å². The van der Waals surface area contributed by atoms with Gasteiger partial charge in [-0.3, -0.25) is 9.69 Å². The lowest BCUT2D eigenvalue weighted by Gasteiger charge is -2.25. The first-order valence-corrected chi connectivity index (χ1v) is 8.84. The molecule has 10 heteroatoms. The number of morpholine rings is 1. The van der Waals surface area contributed by atoms with E-state index in [1.807, 2.05) is 11.0 Å². The van der Waals surface area contributed by atoms with Crippen LogP contribution in [0.3, 0.4) is 0 Å². The molecule has 0 bridgehead atoms. The quantitative estimate of drug-likeness (QED) is 0.552. The Labute approximate surface area is 154 Å². The molecule has 2 aliphatic heterocycles. The molecule has 2 saturated heterocycles. The summed E-state index contributed by atoms with van der Waals surface area (Å²) in [5.74, 6) is 0.411. The summed E-state index contributed by atoms with van der Waals surface area (Å²) >= 11 is 6.41. The molecule has 3 rings (SSSR count). The number of amides is 1. The molecule has 25 heavy (non-hydrogen) atoms. The number of nitrogens with zero attached hydrogens (tertiary/aromatic N) is 4. The van der Waals surface area contributed by atoms with Gasteiger partial charge >= 0.3 is 0 Å². The van der Waals surface area contributed by atoms with Crippen molar-refractivity contribution in [3.05, 3.63) is 16.5 Å². The van der Waals surface area contributed by atoms with Crippen molar-refractivity contribution >= 4 is 46.2 Å². The minimum atomic E-state index is -0.211. The third kappa shape index (κ3) is 3.85. The van der Waals surface area contributed by atoms with Crippen LogP contribution in [-0.2, 0) is 14.3 Å². The number of methoxy groups -OCH3 is 1. The summed E-state index contributed by atoms with van der Waals surface area (Å²) in [6.07, 6.45) is 1.52. The zero-order valence-electron chi connectivity index (χ0n) is 13.6. The predicted molar refractivity (Wildman–Crippen MR) is 96.0 cm³/mol. The topological polar surface area (TPSA) is 91.8 Å². The number of carbonyl (C=O) groups is 1. The first-order chi connectivity index (χ1) is 12.1. The standard InChI is InChI=1S/C15H16N4O4S2/c1-21-5-4-19-13(20)11(25-15(19)24)8-12-17-10(9-16)14(23-12)18-2-6-22-7-3-18/h8H,2-7H2,1H3/b11-8-. The van der Waals surface area contributed by atoms with E-state index >= 15 is 0 Å². The maximum Gasteiger partial charge on any atom is 0.266 e. The molecule has 0 aromatic carbocycles. The Kier molecular flexibility index (Phi) is 5.70. The number of rotatable bonds is 5. The molecule has 0 atom stereocenters. The van der Waals surface area contributed by atoms with E-state index in [2.05, 4.69) is 4.98 Å². The van der Waals surface area contributed by atoms with E-state index in [0.29, 0.717) is 54.6 Å². The summed E-state index contributed by atoms with van der Waals surface area (Å²) in [7, 11) is 1.57. The number of oxazole rings is 1. The monoisotopic (exact) mass is 380 g/mol. The molecule has 0 saturated carbocycles. The molecule has 1 amide bonds. The van der Waals surface area contributed by atoms with Gasteiger partial charge in [-0.15, -0.1) is 0 Å². The van der Waals surface area contributed by atoms with Crippen molar-refractivity contribution in [2.75, 3.05) is 51.5 Å². The van der Waals surface area contributed by atoms with Gasteiger partial charge in [0.25, 0.3) is 5.91 Å². The number of hydrogen-bond acceptors (Lipinski definition) is 9. The van der Waals surface area contributed by atoms with Crippen molar-refractivity contribution in [2.45, 2.75) is 0 Å².